The van der Waals surface area contributed by atoms with Crippen LogP contribution in [0.2, 0.25) is 0 Å². The number of likely N-dealkylation sites (tertiary alicyclic amines) is 1. The summed E-state index contributed by atoms with van der Waals surface area (Å²) in [6.07, 6.45) is 3.54. The highest BCUT2D eigenvalue weighted by atomic mass is 16.2. The van der Waals surface area contributed by atoms with Gasteiger partial charge in [-0.15, -0.1) is 5.10 Å². The highest BCUT2D eigenvalue weighted by Crippen LogP contribution is 2.30. The van der Waals surface area contributed by atoms with Crippen LogP contribution >= 0.6 is 0 Å². The quantitative estimate of drug-likeness (QED) is 0.606. The molecule has 7 nitrogen and oxygen atoms in total. The number of aryl methyl sites for hydroxylation is 2. The monoisotopic (exact) mass is 469 g/mol. The number of piperidine rings is 1. The number of hydrogen-bond acceptors (Lipinski definition) is 5. The summed E-state index contributed by atoms with van der Waals surface area (Å²) in [4.78, 5) is 29.6. The van der Waals surface area contributed by atoms with E-state index in [1.54, 1.807) is 6.20 Å². The normalized spacial score (nSPS) is 16.6. The summed E-state index contributed by atoms with van der Waals surface area (Å²) in [7, 11) is 0. The summed E-state index contributed by atoms with van der Waals surface area (Å²) >= 11 is 0. The molecule has 2 fully saturated rings. The van der Waals surface area contributed by atoms with Crippen LogP contribution in [0.1, 0.15) is 45.8 Å². The predicted molar refractivity (Wildman–Crippen MR) is 137 cm³/mol. The topological polar surface area (TPSA) is 78.4 Å². The Bertz CT molecular complexity index is 1180. The van der Waals surface area contributed by atoms with Crippen molar-refractivity contribution in [1.29, 1.82) is 0 Å². The maximum atomic E-state index is 13.0. The highest BCUT2D eigenvalue weighted by molar-refractivity contribution is 5.95. The molecule has 35 heavy (non-hydrogen) atoms. The van der Waals surface area contributed by atoms with E-state index in [4.69, 9.17) is 0 Å². The first kappa shape index (κ1) is 23.0. The molecule has 0 aliphatic carbocycles. The van der Waals surface area contributed by atoms with Crippen molar-refractivity contribution in [3.63, 3.8) is 0 Å². The molecule has 180 valence electrons. The molecule has 0 spiro atoms. The van der Waals surface area contributed by atoms with Crippen LogP contribution in [0.4, 0.5) is 11.5 Å². The minimum atomic E-state index is -0.0456. The molecule has 1 aromatic heterocycles. The summed E-state index contributed by atoms with van der Waals surface area (Å²) in [5.74, 6) is 1.35. The molecule has 2 amide bonds. The van der Waals surface area contributed by atoms with Crippen molar-refractivity contribution in [2.75, 3.05) is 36.4 Å². The molecule has 3 heterocycles. The second-order valence-electron chi connectivity index (χ2n) is 9.74. The number of hydrogen-bond donors (Lipinski definition) is 1. The predicted octanol–water partition coefficient (Wildman–Crippen LogP) is 4.19. The maximum Gasteiger partial charge on any atom is 0.253 e. The first-order valence-corrected chi connectivity index (χ1v) is 12.3. The largest absolute Gasteiger partial charge is 0.353 e. The van der Waals surface area contributed by atoms with Crippen molar-refractivity contribution in [3.05, 3.63) is 83.0 Å². The zero-order valence-electron chi connectivity index (χ0n) is 20.3. The number of carbonyl (C=O) groups excluding carboxylic acids is 2. The average molecular weight is 470 g/mol. The van der Waals surface area contributed by atoms with E-state index in [0.717, 1.165) is 54.1 Å². The van der Waals surface area contributed by atoms with E-state index >= 15 is 0 Å². The van der Waals surface area contributed by atoms with Gasteiger partial charge in [-0.1, -0.05) is 29.3 Å². The fraction of sp³-hybridized carbons (Fsp3) is 0.357. The number of rotatable bonds is 5. The van der Waals surface area contributed by atoms with Crippen molar-refractivity contribution in [3.8, 4) is 0 Å². The van der Waals surface area contributed by atoms with Crippen molar-refractivity contribution in [1.82, 2.24) is 15.1 Å². The Labute approximate surface area is 206 Å². The zero-order chi connectivity index (χ0) is 24.4. The van der Waals surface area contributed by atoms with Gasteiger partial charge in [0.05, 0.1) is 5.92 Å². The Morgan fingerprint density at radius 2 is 1.63 bits per heavy atom. The number of nitrogens with zero attached hydrogens (tertiary/aromatic N) is 4. The molecule has 5 rings (SSSR count). The molecule has 0 bridgehead atoms. The molecule has 3 aromatic rings. The molecule has 0 atom stereocenters. The van der Waals surface area contributed by atoms with Crippen molar-refractivity contribution >= 4 is 23.3 Å². The second-order valence-corrected chi connectivity index (χ2v) is 9.74. The van der Waals surface area contributed by atoms with Crippen LogP contribution < -0.4 is 10.2 Å². The minimum absolute atomic E-state index is 0.0381. The molecule has 0 unspecified atom stereocenters. The molecule has 0 radical (unpaired) electrons. The van der Waals surface area contributed by atoms with Crippen LogP contribution in [-0.2, 0) is 4.79 Å². The van der Waals surface area contributed by atoms with E-state index in [1.807, 2.05) is 55.1 Å². The Morgan fingerprint density at radius 1 is 0.943 bits per heavy atom. The van der Waals surface area contributed by atoms with Gasteiger partial charge in [0, 0.05) is 43.6 Å². The van der Waals surface area contributed by atoms with Gasteiger partial charge < -0.3 is 15.1 Å². The van der Waals surface area contributed by atoms with Crippen molar-refractivity contribution in [2.24, 2.45) is 5.92 Å². The molecule has 2 aliphatic rings. The van der Waals surface area contributed by atoms with E-state index in [0.29, 0.717) is 19.0 Å². The Kier molecular flexibility index (Phi) is 6.49. The third kappa shape index (κ3) is 5.19. The van der Waals surface area contributed by atoms with E-state index in [2.05, 4.69) is 38.6 Å². The number of carbonyl (C=O) groups is 2. The van der Waals surface area contributed by atoms with Gasteiger partial charge in [-0.3, -0.25) is 9.59 Å². The molecule has 1 N–H and O–H groups in total. The molecule has 2 saturated heterocycles. The lowest BCUT2D eigenvalue weighted by molar-refractivity contribution is -0.120. The SMILES string of the molecule is Cc1cc(C)cc(C(=O)N2CCC(c3ccc(NC(=O)C4CN(c5cccnn5)C4)cc3)CC2)c1. The van der Waals surface area contributed by atoms with Crippen LogP contribution in [0.25, 0.3) is 0 Å². The molecule has 2 aliphatic heterocycles. The molecular weight excluding hydrogens is 438 g/mol. The number of benzene rings is 2. The van der Waals surface area contributed by atoms with E-state index in [-0.39, 0.29) is 17.7 Å². The fourth-order valence-corrected chi connectivity index (χ4v) is 5.07. The lowest BCUT2D eigenvalue weighted by atomic mass is 9.89. The second kappa shape index (κ2) is 9.86. The van der Waals surface area contributed by atoms with Crippen LogP contribution in [0.5, 0.6) is 0 Å². The third-order valence-electron chi connectivity index (χ3n) is 7.03. The number of aromatic nitrogens is 2. The number of amides is 2. The Hall–Kier alpha value is -3.74. The lowest BCUT2D eigenvalue weighted by Crippen LogP contribution is -2.52. The van der Waals surface area contributed by atoms with Crippen LogP contribution in [0, 0.1) is 19.8 Å². The van der Waals surface area contributed by atoms with Gasteiger partial charge in [-0.2, -0.15) is 5.10 Å². The summed E-state index contributed by atoms with van der Waals surface area (Å²) < 4.78 is 0. The third-order valence-corrected chi connectivity index (χ3v) is 7.03. The van der Waals surface area contributed by atoms with Crippen LogP contribution in [0.15, 0.2) is 60.8 Å². The summed E-state index contributed by atoms with van der Waals surface area (Å²) in [5, 5.41) is 11.0. The average Bonchev–Trinajstić information content (AvgIpc) is 2.83. The van der Waals surface area contributed by atoms with E-state index in [9.17, 15) is 9.59 Å². The zero-order valence-corrected chi connectivity index (χ0v) is 20.3. The van der Waals surface area contributed by atoms with Crippen LogP contribution in [-0.4, -0.2) is 53.1 Å². The van der Waals surface area contributed by atoms with Crippen LogP contribution in [0.3, 0.4) is 0 Å². The van der Waals surface area contributed by atoms with Gasteiger partial charge >= 0.3 is 0 Å². The molecule has 7 heteroatoms. The number of anilines is 2. The maximum absolute atomic E-state index is 13.0. The summed E-state index contributed by atoms with van der Waals surface area (Å²) in [5.41, 5.74) is 5.11. The lowest BCUT2D eigenvalue weighted by Gasteiger charge is -2.38. The van der Waals surface area contributed by atoms with E-state index in [1.165, 1.54) is 5.56 Å². The van der Waals surface area contributed by atoms with Gasteiger partial charge in [0.25, 0.3) is 5.91 Å². The standard InChI is InChI=1S/C28H31N5O2/c1-19-14-20(2)16-23(15-19)28(35)32-12-9-22(10-13-32)21-5-7-25(8-6-21)30-27(34)24-17-33(18-24)26-4-3-11-29-31-26/h3-8,11,14-16,22,24H,9-10,12-13,17-18H2,1-2H3,(H,30,34). The molecule has 2 aromatic carbocycles. The molecular formula is C28H31N5O2. The van der Waals surface area contributed by atoms with Crippen molar-refractivity contribution in [2.45, 2.75) is 32.6 Å². The van der Waals surface area contributed by atoms with E-state index < -0.39 is 0 Å². The Morgan fingerprint density at radius 3 is 2.26 bits per heavy atom. The van der Waals surface area contributed by atoms with Gasteiger partial charge in [0.2, 0.25) is 5.91 Å². The van der Waals surface area contributed by atoms with Gasteiger partial charge in [-0.25, -0.2) is 0 Å². The molecule has 0 saturated carbocycles. The fourth-order valence-electron chi connectivity index (χ4n) is 5.07. The van der Waals surface area contributed by atoms with Gasteiger partial charge in [0.15, 0.2) is 5.82 Å². The smallest absolute Gasteiger partial charge is 0.253 e. The first-order chi connectivity index (χ1) is 17.0. The van der Waals surface area contributed by atoms with Crippen molar-refractivity contribution < 1.29 is 9.59 Å². The minimum Gasteiger partial charge on any atom is -0.353 e. The number of nitrogens with one attached hydrogen (secondary N) is 1. The van der Waals surface area contributed by atoms with Gasteiger partial charge in [-0.05, 0) is 74.6 Å². The highest BCUT2D eigenvalue weighted by Gasteiger charge is 2.33. The summed E-state index contributed by atoms with van der Waals surface area (Å²) in [6, 6.07) is 18.0. The Balaban J connectivity index is 1.11. The van der Waals surface area contributed by atoms with Gasteiger partial charge in [0.1, 0.15) is 0 Å². The summed E-state index contributed by atoms with van der Waals surface area (Å²) in [6.45, 7) is 6.90. The first-order valence-electron chi connectivity index (χ1n) is 12.3.